The Labute approximate surface area is 115 Å². The number of anilines is 1. The van der Waals surface area contributed by atoms with E-state index in [-0.39, 0.29) is 22.7 Å². The van der Waals surface area contributed by atoms with Crippen molar-refractivity contribution in [3.63, 3.8) is 0 Å². The summed E-state index contributed by atoms with van der Waals surface area (Å²) in [5.41, 5.74) is 0.331. The molecule has 0 saturated carbocycles. The molecule has 1 atom stereocenters. The van der Waals surface area contributed by atoms with Gasteiger partial charge in [0.15, 0.2) is 0 Å². The fraction of sp³-hybridized carbons (Fsp3) is 0.385. The van der Waals surface area contributed by atoms with Crippen LogP contribution in [-0.2, 0) is 0 Å². The Hall–Kier alpha value is -2.44. The van der Waals surface area contributed by atoms with Crippen molar-refractivity contribution in [3.8, 4) is 0 Å². The minimum Gasteiger partial charge on any atom is -0.377 e. The molecule has 0 aliphatic carbocycles. The molecular formula is C13H16N4O3. The maximum Gasteiger partial charge on any atom is 0.293 e. The van der Waals surface area contributed by atoms with Gasteiger partial charge in [-0.15, -0.1) is 0 Å². The summed E-state index contributed by atoms with van der Waals surface area (Å²) in [4.78, 5) is 28.8. The first-order valence-corrected chi connectivity index (χ1v) is 6.45. The van der Waals surface area contributed by atoms with Crippen molar-refractivity contribution >= 4 is 22.3 Å². The second kappa shape index (κ2) is 5.68. The molecule has 7 heteroatoms. The molecule has 0 fully saturated rings. The maximum absolute atomic E-state index is 11.7. The van der Waals surface area contributed by atoms with Crippen LogP contribution in [0.3, 0.4) is 0 Å². The SMILES string of the molecule is CCCC(C)Nc1cc2nc[nH]c(=O)c2cc1[N+](=O)[O-]. The molecule has 1 aromatic heterocycles. The van der Waals surface area contributed by atoms with Gasteiger partial charge in [0.25, 0.3) is 11.2 Å². The van der Waals surface area contributed by atoms with Crippen LogP contribution >= 0.6 is 0 Å². The van der Waals surface area contributed by atoms with Crippen molar-refractivity contribution in [2.45, 2.75) is 32.7 Å². The lowest BCUT2D eigenvalue weighted by molar-refractivity contribution is -0.383. The Balaban J connectivity index is 2.54. The number of hydrogen-bond donors (Lipinski definition) is 2. The van der Waals surface area contributed by atoms with E-state index in [0.29, 0.717) is 11.2 Å². The molecule has 2 N–H and O–H groups in total. The van der Waals surface area contributed by atoms with Gasteiger partial charge in [-0.1, -0.05) is 13.3 Å². The predicted octanol–water partition coefficient (Wildman–Crippen LogP) is 2.43. The van der Waals surface area contributed by atoms with E-state index >= 15 is 0 Å². The van der Waals surface area contributed by atoms with E-state index < -0.39 is 4.92 Å². The third-order valence-corrected chi connectivity index (χ3v) is 3.08. The molecule has 0 saturated heterocycles. The van der Waals surface area contributed by atoms with Gasteiger partial charge < -0.3 is 10.3 Å². The number of benzene rings is 1. The third kappa shape index (κ3) is 2.76. The number of hydrogen-bond acceptors (Lipinski definition) is 5. The molecule has 0 radical (unpaired) electrons. The van der Waals surface area contributed by atoms with Crippen LogP contribution in [-0.4, -0.2) is 20.9 Å². The molecule has 1 aromatic carbocycles. The highest BCUT2D eigenvalue weighted by Crippen LogP contribution is 2.28. The fourth-order valence-electron chi connectivity index (χ4n) is 2.14. The summed E-state index contributed by atoms with van der Waals surface area (Å²) in [6.07, 6.45) is 3.17. The van der Waals surface area contributed by atoms with Crippen LogP contribution in [0.25, 0.3) is 10.9 Å². The molecule has 20 heavy (non-hydrogen) atoms. The molecule has 7 nitrogen and oxygen atoms in total. The maximum atomic E-state index is 11.7. The van der Waals surface area contributed by atoms with Crippen molar-refractivity contribution < 1.29 is 4.92 Å². The second-order valence-corrected chi connectivity index (χ2v) is 4.71. The van der Waals surface area contributed by atoms with Crippen molar-refractivity contribution in [1.82, 2.24) is 9.97 Å². The van der Waals surface area contributed by atoms with Crippen molar-refractivity contribution in [2.75, 3.05) is 5.32 Å². The number of nitro groups is 1. The summed E-state index contributed by atoms with van der Waals surface area (Å²) in [7, 11) is 0. The Morgan fingerprint density at radius 3 is 2.90 bits per heavy atom. The van der Waals surface area contributed by atoms with E-state index in [1.54, 1.807) is 6.07 Å². The number of nitrogens with one attached hydrogen (secondary N) is 2. The van der Waals surface area contributed by atoms with Crippen LogP contribution in [0.1, 0.15) is 26.7 Å². The van der Waals surface area contributed by atoms with E-state index in [4.69, 9.17) is 0 Å². The molecule has 0 spiro atoms. The second-order valence-electron chi connectivity index (χ2n) is 4.71. The largest absolute Gasteiger partial charge is 0.377 e. The minimum atomic E-state index is -0.493. The van der Waals surface area contributed by atoms with Crippen LogP contribution < -0.4 is 10.9 Å². The Morgan fingerprint density at radius 2 is 2.25 bits per heavy atom. The van der Waals surface area contributed by atoms with Gasteiger partial charge in [-0.25, -0.2) is 4.98 Å². The number of nitrogens with zero attached hydrogens (tertiary/aromatic N) is 2. The number of H-pyrrole nitrogens is 1. The quantitative estimate of drug-likeness (QED) is 0.645. The van der Waals surface area contributed by atoms with Crippen molar-refractivity contribution in [2.24, 2.45) is 0 Å². The number of nitro benzene ring substituents is 1. The molecule has 2 rings (SSSR count). The summed E-state index contributed by atoms with van der Waals surface area (Å²) in [6, 6.07) is 2.93. The topological polar surface area (TPSA) is 101 Å². The molecule has 106 valence electrons. The van der Waals surface area contributed by atoms with Gasteiger partial charge in [-0.3, -0.25) is 14.9 Å². The number of fused-ring (bicyclic) bond motifs is 1. The predicted molar refractivity (Wildman–Crippen MR) is 77.0 cm³/mol. The van der Waals surface area contributed by atoms with Gasteiger partial charge in [0.05, 0.1) is 22.2 Å². The van der Waals surface area contributed by atoms with Crippen LogP contribution in [0.4, 0.5) is 11.4 Å². The first kappa shape index (κ1) is 14.0. The Bertz CT molecular complexity index is 696. The summed E-state index contributed by atoms with van der Waals surface area (Å²) >= 11 is 0. The Kier molecular flexibility index (Phi) is 3.97. The number of aromatic nitrogens is 2. The van der Waals surface area contributed by atoms with Gasteiger partial charge in [0.1, 0.15) is 5.69 Å². The lowest BCUT2D eigenvalue weighted by atomic mass is 10.1. The summed E-state index contributed by atoms with van der Waals surface area (Å²) in [5.74, 6) is 0. The van der Waals surface area contributed by atoms with Gasteiger partial charge in [0.2, 0.25) is 0 Å². The van der Waals surface area contributed by atoms with Gasteiger partial charge in [-0.2, -0.15) is 0 Å². The van der Waals surface area contributed by atoms with Gasteiger partial charge >= 0.3 is 0 Å². The van der Waals surface area contributed by atoms with E-state index in [0.717, 1.165) is 12.8 Å². The number of aromatic amines is 1. The Morgan fingerprint density at radius 1 is 1.50 bits per heavy atom. The zero-order valence-corrected chi connectivity index (χ0v) is 11.3. The third-order valence-electron chi connectivity index (χ3n) is 3.08. The first-order chi connectivity index (χ1) is 9.52. The van der Waals surface area contributed by atoms with Crippen LogP contribution in [0.5, 0.6) is 0 Å². The van der Waals surface area contributed by atoms with E-state index in [2.05, 4.69) is 15.3 Å². The zero-order valence-electron chi connectivity index (χ0n) is 11.3. The van der Waals surface area contributed by atoms with Gasteiger partial charge in [0, 0.05) is 12.1 Å². The van der Waals surface area contributed by atoms with E-state index in [9.17, 15) is 14.9 Å². The van der Waals surface area contributed by atoms with Crippen molar-refractivity contribution in [3.05, 3.63) is 38.9 Å². The molecule has 0 aliphatic rings. The van der Waals surface area contributed by atoms with Crippen molar-refractivity contribution in [1.29, 1.82) is 0 Å². The smallest absolute Gasteiger partial charge is 0.293 e. The van der Waals surface area contributed by atoms with Crippen LogP contribution in [0.15, 0.2) is 23.3 Å². The molecule has 0 amide bonds. The zero-order chi connectivity index (χ0) is 14.7. The first-order valence-electron chi connectivity index (χ1n) is 6.45. The normalized spacial score (nSPS) is 12.3. The standard InChI is InChI=1S/C13H16N4O3/c1-3-4-8(2)16-11-6-10-9(5-12(11)17(19)20)13(18)15-7-14-10/h5-8,16H,3-4H2,1-2H3,(H,14,15,18). The average Bonchev–Trinajstić information content (AvgIpc) is 2.38. The summed E-state index contributed by atoms with van der Waals surface area (Å²) in [5, 5.41) is 14.5. The van der Waals surface area contributed by atoms with Gasteiger partial charge in [-0.05, 0) is 19.4 Å². The fourth-order valence-corrected chi connectivity index (χ4v) is 2.14. The van der Waals surface area contributed by atoms with E-state index in [1.165, 1.54) is 12.4 Å². The lowest BCUT2D eigenvalue weighted by Crippen LogP contribution is -2.16. The summed E-state index contributed by atoms with van der Waals surface area (Å²) < 4.78 is 0. The molecule has 1 unspecified atom stereocenters. The average molecular weight is 276 g/mol. The highest BCUT2D eigenvalue weighted by Gasteiger charge is 2.18. The molecule has 0 aliphatic heterocycles. The lowest BCUT2D eigenvalue weighted by Gasteiger charge is -2.14. The van der Waals surface area contributed by atoms with E-state index in [1.807, 2.05) is 13.8 Å². The number of rotatable bonds is 5. The summed E-state index contributed by atoms with van der Waals surface area (Å²) in [6.45, 7) is 4.01. The highest BCUT2D eigenvalue weighted by molar-refractivity contribution is 5.86. The molecule has 1 heterocycles. The van der Waals surface area contributed by atoms with Crippen LogP contribution in [0.2, 0.25) is 0 Å². The molecular weight excluding hydrogens is 260 g/mol. The monoisotopic (exact) mass is 276 g/mol. The molecule has 0 bridgehead atoms. The molecule has 2 aromatic rings. The minimum absolute atomic E-state index is 0.109. The van der Waals surface area contributed by atoms with Crippen LogP contribution in [0, 0.1) is 10.1 Å². The highest BCUT2D eigenvalue weighted by atomic mass is 16.6.